The third kappa shape index (κ3) is 3.60. The molecule has 0 fully saturated rings. The van der Waals surface area contributed by atoms with Gasteiger partial charge in [-0.25, -0.2) is 4.79 Å². The first kappa shape index (κ1) is 18.5. The molecule has 1 amide bonds. The molecule has 1 unspecified atom stereocenters. The predicted octanol–water partition coefficient (Wildman–Crippen LogP) is 3.34. The van der Waals surface area contributed by atoms with Crippen LogP contribution >= 0.6 is 11.5 Å². The minimum absolute atomic E-state index is 0.0337. The average Bonchev–Trinajstić information content (AvgIpc) is 3.39. The summed E-state index contributed by atoms with van der Waals surface area (Å²) in [6.45, 7) is 2.89. The van der Waals surface area contributed by atoms with E-state index in [0.29, 0.717) is 13.2 Å². The van der Waals surface area contributed by atoms with Crippen LogP contribution < -0.4 is 5.32 Å². The molecule has 28 heavy (non-hydrogen) atoms. The van der Waals surface area contributed by atoms with Gasteiger partial charge in [0.15, 0.2) is 0 Å². The molecule has 1 atom stereocenters. The van der Waals surface area contributed by atoms with Crippen molar-refractivity contribution in [2.45, 2.75) is 32.4 Å². The Morgan fingerprint density at radius 3 is 3.07 bits per heavy atom. The first-order valence-corrected chi connectivity index (χ1v) is 10.1. The fraction of sp³-hybridized carbons (Fsp3) is 0.350. The second-order valence-corrected chi connectivity index (χ2v) is 7.33. The lowest BCUT2D eigenvalue weighted by Gasteiger charge is -2.14. The topological polar surface area (TPSA) is 77.7 Å². The molecule has 1 N–H and O–H groups in total. The third-order valence-electron chi connectivity index (χ3n) is 4.92. The largest absolute Gasteiger partial charge is 0.450 e. The summed E-state index contributed by atoms with van der Waals surface area (Å²) in [5.41, 5.74) is 5.69. The predicted molar refractivity (Wildman–Crippen MR) is 109 cm³/mol. The zero-order valence-electron chi connectivity index (χ0n) is 15.8. The molecule has 0 aliphatic heterocycles. The SMILES string of the molecule is CCOC(=O)NC1Cc2c(n(Cc3ccsn3)c3ccc(C=NOC)cc23)C1. The number of fused-ring (bicyclic) bond motifs is 3. The summed E-state index contributed by atoms with van der Waals surface area (Å²) in [4.78, 5) is 16.7. The second kappa shape index (κ2) is 8.02. The average molecular weight is 398 g/mol. The van der Waals surface area contributed by atoms with E-state index in [4.69, 9.17) is 9.57 Å². The molecule has 146 valence electrons. The van der Waals surface area contributed by atoms with Crippen molar-refractivity contribution in [1.82, 2.24) is 14.3 Å². The van der Waals surface area contributed by atoms with Gasteiger partial charge in [0.2, 0.25) is 0 Å². The Bertz CT molecular complexity index is 1010. The lowest BCUT2D eigenvalue weighted by atomic mass is 10.1. The quantitative estimate of drug-likeness (QED) is 0.510. The summed E-state index contributed by atoms with van der Waals surface area (Å²) >= 11 is 1.46. The Kier molecular flexibility index (Phi) is 5.29. The van der Waals surface area contributed by atoms with Crippen molar-refractivity contribution >= 4 is 34.7 Å². The van der Waals surface area contributed by atoms with Crippen molar-refractivity contribution in [2.24, 2.45) is 5.16 Å². The van der Waals surface area contributed by atoms with E-state index < -0.39 is 0 Å². The number of nitrogens with zero attached hydrogens (tertiary/aromatic N) is 3. The molecule has 0 saturated heterocycles. The summed E-state index contributed by atoms with van der Waals surface area (Å²) in [5.74, 6) is 0. The van der Waals surface area contributed by atoms with Gasteiger partial charge in [0, 0.05) is 34.4 Å². The normalized spacial score (nSPS) is 15.9. The fourth-order valence-electron chi connectivity index (χ4n) is 3.80. The van der Waals surface area contributed by atoms with E-state index in [1.54, 1.807) is 13.1 Å². The van der Waals surface area contributed by atoms with Crippen LogP contribution in [0.25, 0.3) is 10.9 Å². The minimum Gasteiger partial charge on any atom is -0.450 e. The molecule has 2 heterocycles. The van der Waals surface area contributed by atoms with Crippen molar-refractivity contribution in [3.63, 3.8) is 0 Å². The molecular formula is C20H22N4O3S. The number of benzene rings is 1. The smallest absolute Gasteiger partial charge is 0.407 e. The Morgan fingerprint density at radius 1 is 1.43 bits per heavy atom. The molecule has 4 rings (SSSR count). The number of ether oxygens (including phenoxy) is 1. The van der Waals surface area contributed by atoms with Crippen LogP contribution in [-0.2, 0) is 29.0 Å². The first-order valence-electron chi connectivity index (χ1n) is 9.22. The molecule has 0 bridgehead atoms. The van der Waals surface area contributed by atoms with Gasteiger partial charge in [0.1, 0.15) is 7.11 Å². The van der Waals surface area contributed by atoms with Crippen molar-refractivity contribution in [2.75, 3.05) is 13.7 Å². The van der Waals surface area contributed by atoms with E-state index >= 15 is 0 Å². The van der Waals surface area contributed by atoms with Gasteiger partial charge in [-0.2, -0.15) is 4.37 Å². The van der Waals surface area contributed by atoms with Gasteiger partial charge in [0.25, 0.3) is 0 Å². The zero-order valence-corrected chi connectivity index (χ0v) is 16.7. The third-order valence-corrected chi connectivity index (χ3v) is 5.51. The van der Waals surface area contributed by atoms with Gasteiger partial charge in [-0.05, 0) is 54.2 Å². The molecule has 1 aliphatic carbocycles. The van der Waals surface area contributed by atoms with E-state index in [-0.39, 0.29) is 12.1 Å². The molecule has 0 radical (unpaired) electrons. The van der Waals surface area contributed by atoms with Gasteiger partial charge < -0.3 is 19.5 Å². The van der Waals surface area contributed by atoms with Crippen molar-refractivity contribution in [3.8, 4) is 0 Å². The van der Waals surface area contributed by atoms with Crippen LogP contribution in [0.2, 0.25) is 0 Å². The molecule has 2 aromatic heterocycles. The molecule has 1 aliphatic rings. The van der Waals surface area contributed by atoms with Crippen LogP contribution in [0, 0.1) is 0 Å². The molecule has 0 saturated carbocycles. The number of carbonyl (C=O) groups excluding carboxylic acids is 1. The molecule has 7 nitrogen and oxygen atoms in total. The number of amides is 1. The zero-order chi connectivity index (χ0) is 19.5. The summed E-state index contributed by atoms with van der Waals surface area (Å²) in [7, 11) is 1.53. The van der Waals surface area contributed by atoms with Gasteiger partial charge in [-0.15, -0.1) is 0 Å². The highest BCUT2D eigenvalue weighted by Gasteiger charge is 2.30. The maximum Gasteiger partial charge on any atom is 0.407 e. The standard InChI is InChI=1S/C20H22N4O3S/c1-3-27-20(25)22-15-9-17-16-8-13(11-21-26-2)4-5-18(16)24(19(17)10-15)12-14-6-7-28-23-14/h4-8,11,15H,3,9-10,12H2,1-2H3,(H,22,25). The van der Waals surface area contributed by atoms with Crippen LogP contribution in [0.15, 0.2) is 34.8 Å². The van der Waals surface area contributed by atoms with E-state index in [2.05, 4.69) is 31.5 Å². The highest BCUT2D eigenvalue weighted by atomic mass is 32.1. The Hall–Kier alpha value is -2.87. The highest BCUT2D eigenvalue weighted by Crippen LogP contribution is 2.34. The van der Waals surface area contributed by atoms with Crippen LogP contribution in [0.3, 0.4) is 0 Å². The summed E-state index contributed by atoms with van der Waals surface area (Å²) in [6.07, 6.45) is 2.89. The van der Waals surface area contributed by atoms with Gasteiger partial charge in [0.05, 0.1) is 25.1 Å². The van der Waals surface area contributed by atoms with Crippen molar-refractivity contribution in [3.05, 3.63) is 52.2 Å². The summed E-state index contributed by atoms with van der Waals surface area (Å²) < 4.78 is 11.8. The van der Waals surface area contributed by atoms with E-state index in [1.165, 1.54) is 40.8 Å². The van der Waals surface area contributed by atoms with Crippen molar-refractivity contribution < 1.29 is 14.4 Å². The molecule has 3 aromatic rings. The number of hydrogen-bond acceptors (Lipinski definition) is 6. The van der Waals surface area contributed by atoms with Crippen molar-refractivity contribution in [1.29, 1.82) is 0 Å². The minimum atomic E-state index is -0.360. The van der Waals surface area contributed by atoms with Crippen LogP contribution in [0.5, 0.6) is 0 Å². The van der Waals surface area contributed by atoms with Crippen LogP contribution in [0.1, 0.15) is 29.4 Å². The lowest BCUT2D eigenvalue weighted by Crippen LogP contribution is -2.36. The fourth-order valence-corrected chi connectivity index (χ4v) is 4.34. The maximum absolute atomic E-state index is 11.9. The first-order chi connectivity index (χ1) is 13.7. The second-order valence-electron chi connectivity index (χ2n) is 6.67. The molecule has 0 spiro atoms. The maximum atomic E-state index is 11.9. The number of aromatic nitrogens is 2. The number of rotatable bonds is 6. The van der Waals surface area contributed by atoms with Crippen LogP contribution in [0.4, 0.5) is 4.79 Å². The van der Waals surface area contributed by atoms with Gasteiger partial charge >= 0.3 is 6.09 Å². The van der Waals surface area contributed by atoms with Crippen LogP contribution in [-0.4, -0.2) is 41.0 Å². The highest BCUT2D eigenvalue weighted by molar-refractivity contribution is 7.03. The van der Waals surface area contributed by atoms with Gasteiger partial charge in [-0.3, -0.25) is 0 Å². The van der Waals surface area contributed by atoms with E-state index in [0.717, 1.165) is 24.1 Å². The number of carbonyl (C=O) groups is 1. The Morgan fingerprint density at radius 2 is 2.32 bits per heavy atom. The number of alkyl carbamates (subject to hydrolysis) is 1. The number of nitrogens with one attached hydrogen (secondary N) is 1. The Labute approximate surface area is 167 Å². The lowest BCUT2D eigenvalue weighted by molar-refractivity contribution is 0.148. The Balaban J connectivity index is 1.71. The molecular weight excluding hydrogens is 376 g/mol. The van der Waals surface area contributed by atoms with Gasteiger partial charge in [-0.1, -0.05) is 11.2 Å². The molecule has 8 heteroatoms. The number of oxime groups is 1. The number of hydrogen-bond donors (Lipinski definition) is 1. The monoisotopic (exact) mass is 398 g/mol. The van der Waals surface area contributed by atoms with E-state index in [1.807, 2.05) is 17.5 Å². The summed E-state index contributed by atoms with van der Waals surface area (Å²) in [6, 6.07) is 8.36. The molecule has 1 aromatic carbocycles. The summed E-state index contributed by atoms with van der Waals surface area (Å²) in [5, 5.41) is 10.0. The van der Waals surface area contributed by atoms with E-state index in [9.17, 15) is 4.79 Å².